The number of H-pyrrole nitrogens is 1. The SMILES string of the molecule is CN=C(NCCc1cc2ccccc2[nH]1)NCCc1nc(C)c(C)s1. The second kappa shape index (κ2) is 8.16. The van der Waals surface area contributed by atoms with Gasteiger partial charge in [-0.25, -0.2) is 4.98 Å². The van der Waals surface area contributed by atoms with Gasteiger partial charge in [0, 0.05) is 49.1 Å². The molecule has 0 saturated heterocycles. The van der Waals surface area contributed by atoms with Crippen molar-refractivity contribution in [2.75, 3.05) is 20.1 Å². The van der Waals surface area contributed by atoms with Crippen LogP contribution in [0.5, 0.6) is 0 Å². The molecule has 0 saturated carbocycles. The molecule has 0 unspecified atom stereocenters. The number of hydrogen-bond donors (Lipinski definition) is 3. The van der Waals surface area contributed by atoms with E-state index in [9.17, 15) is 0 Å². The van der Waals surface area contributed by atoms with Crippen molar-refractivity contribution in [1.82, 2.24) is 20.6 Å². The lowest BCUT2D eigenvalue weighted by Gasteiger charge is -2.10. The Balaban J connectivity index is 1.43. The summed E-state index contributed by atoms with van der Waals surface area (Å²) in [6.07, 6.45) is 1.85. The lowest BCUT2D eigenvalue weighted by Crippen LogP contribution is -2.39. The molecular weight excluding hydrogens is 330 g/mol. The lowest BCUT2D eigenvalue weighted by molar-refractivity contribution is 0.776. The minimum absolute atomic E-state index is 0.832. The molecule has 2 aromatic heterocycles. The van der Waals surface area contributed by atoms with Gasteiger partial charge in [0.15, 0.2) is 5.96 Å². The molecule has 132 valence electrons. The molecule has 6 heteroatoms. The molecule has 0 fully saturated rings. The van der Waals surface area contributed by atoms with Crippen LogP contribution in [0.4, 0.5) is 0 Å². The average molecular weight is 356 g/mol. The largest absolute Gasteiger partial charge is 0.358 e. The number of aromatic amines is 1. The second-order valence-corrected chi connectivity index (χ2v) is 7.34. The van der Waals surface area contributed by atoms with E-state index in [-0.39, 0.29) is 0 Å². The van der Waals surface area contributed by atoms with Crippen molar-refractivity contribution in [1.29, 1.82) is 0 Å². The molecule has 3 rings (SSSR count). The molecule has 3 N–H and O–H groups in total. The van der Waals surface area contributed by atoms with Crippen molar-refractivity contribution in [2.45, 2.75) is 26.7 Å². The van der Waals surface area contributed by atoms with E-state index in [1.165, 1.54) is 26.5 Å². The van der Waals surface area contributed by atoms with Crippen LogP contribution in [0.2, 0.25) is 0 Å². The Bertz CT molecular complexity index is 809. The van der Waals surface area contributed by atoms with Gasteiger partial charge >= 0.3 is 0 Å². The molecule has 0 aliphatic carbocycles. The monoisotopic (exact) mass is 355 g/mol. The van der Waals surface area contributed by atoms with Crippen molar-refractivity contribution < 1.29 is 0 Å². The van der Waals surface area contributed by atoms with Gasteiger partial charge in [-0.15, -0.1) is 11.3 Å². The molecule has 25 heavy (non-hydrogen) atoms. The Kier molecular flexibility index (Phi) is 5.71. The number of hydrogen-bond acceptors (Lipinski definition) is 3. The summed E-state index contributed by atoms with van der Waals surface area (Å²) in [6.45, 7) is 5.85. The Hall–Kier alpha value is -2.34. The van der Waals surface area contributed by atoms with Crippen LogP contribution in [0.3, 0.4) is 0 Å². The molecule has 0 atom stereocenters. The van der Waals surface area contributed by atoms with E-state index in [0.29, 0.717) is 0 Å². The summed E-state index contributed by atoms with van der Waals surface area (Å²) in [7, 11) is 1.80. The number of aryl methyl sites for hydroxylation is 2. The summed E-state index contributed by atoms with van der Waals surface area (Å²) in [4.78, 5) is 13.6. The summed E-state index contributed by atoms with van der Waals surface area (Å²) in [5.74, 6) is 0.834. The number of aromatic nitrogens is 2. The number of rotatable bonds is 6. The Morgan fingerprint density at radius 3 is 2.60 bits per heavy atom. The van der Waals surface area contributed by atoms with E-state index in [2.05, 4.69) is 69.8 Å². The first-order chi connectivity index (χ1) is 12.2. The number of aliphatic imine (C=N–C) groups is 1. The van der Waals surface area contributed by atoms with Crippen LogP contribution in [-0.2, 0) is 12.8 Å². The smallest absolute Gasteiger partial charge is 0.191 e. The van der Waals surface area contributed by atoms with Gasteiger partial charge in [0.2, 0.25) is 0 Å². The lowest BCUT2D eigenvalue weighted by atomic mass is 10.2. The number of guanidine groups is 1. The number of thiazole rings is 1. The van der Waals surface area contributed by atoms with Gasteiger partial charge in [-0.05, 0) is 31.4 Å². The molecule has 2 heterocycles. The molecule has 0 bridgehead atoms. The normalized spacial score (nSPS) is 11.9. The van der Waals surface area contributed by atoms with Crippen LogP contribution in [0.15, 0.2) is 35.3 Å². The van der Waals surface area contributed by atoms with Crippen molar-refractivity contribution in [2.24, 2.45) is 4.99 Å². The molecule has 0 amide bonds. The number of nitrogens with one attached hydrogen (secondary N) is 3. The van der Waals surface area contributed by atoms with Crippen LogP contribution in [0.25, 0.3) is 10.9 Å². The van der Waals surface area contributed by atoms with Gasteiger partial charge in [-0.3, -0.25) is 4.99 Å². The van der Waals surface area contributed by atoms with E-state index < -0.39 is 0 Å². The van der Waals surface area contributed by atoms with Gasteiger partial charge in [0.25, 0.3) is 0 Å². The van der Waals surface area contributed by atoms with Gasteiger partial charge in [-0.2, -0.15) is 0 Å². The zero-order valence-corrected chi connectivity index (χ0v) is 15.8. The van der Waals surface area contributed by atoms with Gasteiger partial charge in [0.05, 0.1) is 10.7 Å². The second-order valence-electron chi connectivity index (χ2n) is 6.06. The van der Waals surface area contributed by atoms with Crippen LogP contribution < -0.4 is 10.6 Å². The van der Waals surface area contributed by atoms with E-state index >= 15 is 0 Å². The highest BCUT2D eigenvalue weighted by atomic mass is 32.1. The van der Waals surface area contributed by atoms with Crippen LogP contribution in [0, 0.1) is 13.8 Å². The molecule has 0 spiro atoms. The zero-order valence-electron chi connectivity index (χ0n) is 15.0. The topological polar surface area (TPSA) is 65.1 Å². The number of nitrogens with zero attached hydrogens (tertiary/aromatic N) is 2. The van der Waals surface area contributed by atoms with Crippen LogP contribution in [-0.4, -0.2) is 36.1 Å². The van der Waals surface area contributed by atoms with Crippen LogP contribution >= 0.6 is 11.3 Å². The van der Waals surface area contributed by atoms with Gasteiger partial charge in [0.1, 0.15) is 0 Å². The molecule has 0 aliphatic rings. The molecule has 1 aromatic carbocycles. The maximum atomic E-state index is 4.57. The molecule has 5 nitrogen and oxygen atoms in total. The third kappa shape index (κ3) is 4.60. The van der Waals surface area contributed by atoms with E-state index in [4.69, 9.17) is 0 Å². The molecular formula is C19H25N5S. The summed E-state index contributed by atoms with van der Waals surface area (Å²) in [5.41, 5.74) is 3.56. The molecule has 0 radical (unpaired) electrons. The summed E-state index contributed by atoms with van der Waals surface area (Å²) in [5, 5.41) is 9.16. The summed E-state index contributed by atoms with van der Waals surface area (Å²) >= 11 is 1.78. The first kappa shape index (κ1) is 17.5. The number of fused-ring (bicyclic) bond motifs is 1. The highest BCUT2D eigenvalue weighted by molar-refractivity contribution is 7.11. The van der Waals surface area contributed by atoms with Crippen molar-refractivity contribution in [3.05, 3.63) is 51.6 Å². The first-order valence-corrected chi connectivity index (χ1v) is 9.41. The van der Waals surface area contributed by atoms with Gasteiger partial charge in [-0.1, -0.05) is 18.2 Å². The van der Waals surface area contributed by atoms with Crippen molar-refractivity contribution in [3.63, 3.8) is 0 Å². The Labute approximate surface area is 152 Å². The quantitative estimate of drug-likeness (QED) is 0.470. The van der Waals surface area contributed by atoms with E-state index in [1.807, 2.05) is 0 Å². The minimum atomic E-state index is 0.832. The minimum Gasteiger partial charge on any atom is -0.358 e. The predicted octanol–water partition coefficient (Wildman–Crippen LogP) is 3.19. The van der Waals surface area contributed by atoms with Crippen molar-refractivity contribution in [3.8, 4) is 0 Å². The zero-order chi connectivity index (χ0) is 17.6. The third-order valence-electron chi connectivity index (χ3n) is 4.20. The Morgan fingerprint density at radius 1 is 1.16 bits per heavy atom. The fourth-order valence-corrected chi connectivity index (χ4v) is 3.67. The standard InChI is InChI=1S/C19H25N5S/c1-13-14(2)25-18(23-13)9-11-22-19(20-3)21-10-8-16-12-15-6-4-5-7-17(15)24-16/h4-7,12,24H,8-11H2,1-3H3,(H2,20,21,22). The number of para-hydroxylation sites is 1. The summed E-state index contributed by atoms with van der Waals surface area (Å²) < 4.78 is 0. The third-order valence-corrected chi connectivity index (χ3v) is 5.33. The predicted molar refractivity (Wildman–Crippen MR) is 107 cm³/mol. The number of benzene rings is 1. The maximum Gasteiger partial charge on any atom is 0.191 e. The summed E-state index contributed by atoms with van der Waals surface area (Å²) in [6, 6.07) is 10.6. The maximum absolute atomic E-state index is 4.57. The van der Waals surface area contributed by atoms with E-state index in [0.717, 1.165) is 37.6 Å². The molecule has 3 aromatic rings. The average Bonchev–Trinajstić information content (AvgIpc) is 3.16. The van der Waals surface area contributed by atoms with Crippen LogP contribution in [0.1, 0.15) is 21.3 Å². The molecule has 0 aliphatic heterocycles. The van der Waals surface area contributed by atoms with Gasteiger partial charge < -0.3 is 15.6 Å². The fourth-order valence-electron chi connectivity index (χ4n) is 2.74. The van der Waals surface area contributed by atoms with Crippen molar-refractivity contribution >= 4 is 28.2 Å². The highest BCUT2D eigenvalue weighted by Gasteiger charge is 2.05. The first-order valence-electron chi connectivity index (χ1n) is 8.60. The van der Waals surface area contributed by atoms with E-state index in [1.54, 1.807) is 18.4 Å². The Morgan fingerprint density at radius 2 is 1.92 bits per heavy atom. The fraction of sp³-hybridized carbons (Fsp3) is 0.368. The highest BCUT2D eigenvalue weighted by Crippen LogP contribution is 2.16.